The topological polar surface area (TPSA) is 111 Å². The van der Waals surface area contributed by atoms with Gasteiger partial charge in [0.25, 0.3) is 5.91 Å². The Bertz CT molecular complexity index is 891. The van der Waals surface area contributed by atoms with Crippen LogP contribution in [0, 0.1) is 6.92 Å². The van der Waals surface area contributed by atoms with Gasteiger partial charge in [0.1, 0.15) is 0 Å². The highest BCUT2D eigenvalue weighted by Crippen LogP contribution is 2.25. The summed E-state index contributed by atoms with van der Waals surface area (Å²) in [5.74, 6) is -1.16. The molecule has 0 fully saturated rings. The minimum atomic E-state index is -0.805. The molecule has 0 aliphatic rings. The molecule has 0 heterocycles. The molecule has 1 atom stereocenters. The lowest BCUT2D eigenvalue weighted by Gasteiger charge is -2.18. The van der Waals surface area contributed by atoms with Crippen LogP contribution in [0.25, 0.3) is 0 Å². The highest BCUT2D eigenvalue weighted by atomic mass is 79.9. The first-order valence-corrected chi connectivity index (χ1v) is 9.45. The van der Waals surface area contributed by atoms with Crippen LogP contribution in [0.5, 0.6) is 0 Å². The fourth-order valence-corrected chi connectivity index (χ4v) is 2.97. The quantitative estimate of drug-likeness (QED) is 0.538. The van der Waals surface area contributed by atoms with E-state index in [1.54, 1.807) is 42.5 Å². The number of esters is 1. The molecule has 3 amide bonds. The number of anilines is 1. The Balaban J connectivity index is 1.93. The first-order valence-electron chi connectivity index (χ1n) is 8.28. The summed E-state index contributed by atoms with van der Waals surface area (Å²) in [7, 11) is 0. The second-order valence-corrected chi connectivity index (χ2v) is 7.22. The molecule has 0 radical (unpaired) electrons. The average Bonchev–Trinajstić information content (AvgIpc) is 2.62. The largest absolute Gasteiger partial charge is 0.455 e. The number of ether oxygens (including phenoxy) is 1. The maximum Gasteiger partial charge on any atom is 0.312 e. The number of nitrogens with one attached hydrogen (secondary N) is 2. The third kappa shape index (κ3) is 6.54. The molecule has 1 unspecified atom stereocenters. The van der Waals surface area contributed by atoms with Crippen LogP contribution in [-0.2, 0) is 14.3 Å². The molecule has 2 aromatic carbocycles. The van der Waals surface area contributed by atoms with Crippen molar-refractivity contribution in [2.75, 3.05) is 11.9 Å². The van der Waals surface area contributed by atoms with E-state index in [1.807, 2.05) is 6.92 Å². The molecule has 7 nitrogen and oxygen atoms in total. The number of aryl methyl sites for hydroxylation is 1. The van der Waals surface area contributed by atoms with Crippen LogP contribution < -0.4 is 16.4 Å². The van der Waals surface area contributed by atoms with Gasteiger partial charge in [-0.2, -0.15) is 0 Å². The number of amides is 3. The zero-order chi connectivity index (χ0) is 20.7. The normalized spacial score (nSPS) is 11.4. The van der Waals surface area contributed by atoms with Crippen LogP contribution in [0.4, 0.5) is 10.5 Å². The number of halogens is 2. The van der Waals surface area contributed by atoms with E-state index < -0.39 is 30.6 Å². The SMILES string of the molecule is Cc1cc(NC(=O)COC(=O)CC(NC(N)=O)c2ccccc2Cl)ccc1Br. The zero-order valence-electron chi connectivity index (χ0n) is 15.0. The Morgan fingerprint density at radius 1 is 1.21 bits per heavy atom. The van der Waals surface area contributed by atoms with Gasteiger partial charge in [-0.3, -0.25) is 9.59 Å². The van der Waals surface area contributed by atoms with Crippen LogP contribution in [0.1, 0.15) is 23.6 Å². The molecule has 0 saturated carbocycles. The molecule has 2 aromatic rings. The van der Waals surface area contributed by atoms with E-state index >= 15 is 0 Å². The van der Waals surface area contributed by atoms with Gasteiger partial charge in [-0.1, -0.05) is 45.7 Å². The van der Waals surface area contributed by atoms with Crippen molar-refractivity contribution in [2.24, 2.45) is 5.73 Å². The van der Waals surface area contributed by atoms with Crippen molar-refractivity contribution < 1.29 is 19.1 Å². The van der Waals surface area contributed by atoms with Crippen molar-refractivity contribution in [3.05, 3.63) is 63.1 Å². The van der Waals surface area contributed by atoms with Crippen LogP contribution >= 0.6 is 27.5 Å². The summed E-state index contributed by atoms with van der Waals surface area (Å²) < 4.78 is 5.93. The second-order valence-electron chi connectivity index (χ2n) is 5.96. The average molecular weight is 469 g/mol. The zero-order valence-corrected chi connectivity index (χ0v) is 17.3. The van der Waals surface area contributed by atoms with E-state index in [9.17, 15) is 14.4 Å². The standard InChI is InChI=1S/C19H19BrClN3O4/c1-11-8-12(6-7-14(11)20)23-17(25)10-28-18(26)9-16(24-19(22)27)13-4-2-3-5-15(13)21/h2-8,16H,9-10H2,1H3,(H,23,25)(H3,22,24,27). The van der Waals surface area contributed by atoms with Gasteiger partial charge in [0.15, 0.2) is 6.61 Å². The lowest BCUT2D eigenvalue weighted by molar-refractivity contribution is -0.147. The molecule has 0 aromatic heterocycles. The van der Waals surface area contributed by atoms with Gasteiger partial charge in [0.05, 0.1) is 12.5 Å². The molecule has 0 aliphatic carbocycles. The summed E-state index contributed by atoms with van der Waals surface area (Å²) >= 11 is 9.49. The summed E-state index contributed by atoms with van der Waals surface area (Å²) in [5, 5.41) is 5.47. The van der Waals surface area contributed by atoms with Gasteiger partial charge >= 0.3 is 12.0 Å². The van der Waals surface area contributed by atoms with E-state index in [1.165, 1.54) is 0 Å². The molecule has 0 spiro atoms. The lowest BCUT2D eigenvalue weighted by Crippen LogP contribution is -2.35. The molecule has 0 aliphatic heterocycles. The smallest absolute Gasteiger partial charge is 0.312 e. The Morgan fingerprint density at radius 2 is 1.93 bits per heavy atom. The molecular formula is C19H19BrClN3O4. The fraction of sp³-hybridized carbons (Fsp3) is 0.211. The van der Waals surface area contributed by atoms with Crippen LogP contribution in [0.2, 0.25) is 5.02 Å². The van der Waals surface area contributed by atoms with Crippen molar-refractivity contribution >= 4 is 51.1 Å². The number of hydrogen-bond acceptors (Lipinski definition) is 4. The van der Waals surface area contributed by atoms with Crippen LogP contribution in [0.15, 0.2) is 46.9 Å². The number of benzene rings is 2. The molecule has 0 saturated heterocycles. The Hall–Kier alpha value is -2.58. The minimum absolute atomic E-state index is 0.225. The summed E-state index contributed by atoms with van der Waals surface area (Å²) in [6.07, 6.45) is -0.225. The summed E-state index contributed by atoms with van der Waals surface area (Å²) in [5.41, 5.74) is 7.24. The third-order valence-electron chi connectivity index (χ3n) is 3.77. The first kappa shape index (κ1) is 21.7. The van der Waals surface area contributed by atoms with Gasteiger partial charge in [-0.25, -0.2) is 4.79 Å². The predicted octanol–water partition coefficient (Wildman–Crippen LogP) is 3.69. The van der Waals surface area contributed by atoms with Crippen molar-refractivity contribution in [3.63, 3.8) is 0 Å². The monoisotopic (exact) mass is 467 g/mol. The van der Waals surface area contributed by atoms with Crippen molar-refractivity contribution in [3.8, 4) is 0 Å². The van der Waals surface area contributed by atoms with Gasteiger partial charge in [0.2, 0.25) is 0 Å². The van der Waals surface area contributed by atoms with Gasteiger partial charge in [-0.15, -0.1) is 0 Å². The van der Waals surface area contributed by atoms with E-state index in [-0.39, 0.29) is 6.42 Å². The molecule has 4 N–H and O–H groups in total. The fourth-order valence-electron chi connectivity index (χ4n) is 2.46. The molecule has 148 valence electrons. The van der Waals surface area contributed by atoms with Gasteiger partial charge in [-0.05, 0) is 42.3 Å². The molecule has 28 heavy (non-hydrogen) atoms. The minimum Gasteiger partial charge on any atom is -0.455 e. The van der Waals surface area contributed by atoms with E-state index in [0.717, 1.165) is 10.0 Å². The molecule has 0 bridgehead atoms. The maximum atomic E-state index is 12.1. The number of primary amides is 1. The first-order chi connectivity index (χ1) is 13.3. The van der Waals surface area contributed by atoms with Crippen LogP contribution in [-0.4, -0.2) is 24.5 Å². The summed E-state index contributed by atoms with van der Waals surface area (Å²) in [4.78, 5) is 35.4. The highest BCUT2D eigenvalue weighted by molar-refractivity contribution is 9.10. The molecule has 2 rings (SSSR count). The number of carbonyl (C=O) groups is 3. The lowest BCUT2D eigenvalue weighted by atomic mass is 10.0. The highest BCUT2D eigenvalue weighted by Gasteiger charge is 2.21. The van der Waals surface area contributed by atoms with E-state index in [4.69, 9.17) is 22.1 Å². The molecule has 9 heteroatoms. The van der Waals surface area contributed by atoms with Gasteiger partial charge < -0.3 is 21.1 Å². The summed E-state index contributed by atoms with van der Waals surface area (Å²) in [6.45, 7) is 1.43. The maximum absolute atomic E-state index is 12.1. The van der Waals surface area contributed by atoms with Crippen molar-refractivity contribution in [2.45, 2.75) is 19.4 Å². The van der Waals surface area contributed by atoms with E-state index in [2.05, 4.69) is 26.6 Å². The third-order valence-corrected chi connectivity index (χ3v) is 5.01. The Morgan fingerprint density at radius 3 is 2.57 bits per heavy atom. The number of rotatable bonds is 7. The predicted molar refractivity (Wildman–Crippen MR) is 110 cm³/mol. The molecular weight excluding hydrogens is 450 g/mol. The Kier molecular flexibility index (Phi) is 7.83. The number of nitrogens with two attached hydrogens (primary N) is 1. The van der Waals surface area contributed by atoms with Crippen molar-refractivity contribution in [1.29, 1.82) is 0 Å². The van der Waals surface area contributed by atoms with Crippen molar-refractivity contribution in [1.82, 2.24) is 5.32 Å². The van der Waals surface area contributed by atoms with Gasteiger partial charge in [0, 0.05) is 15.2 Å². The van der Waals surface area contributed by atoms with Crippen LogP contribution in [0.3, 0.4) is 0 Å². The number of carbonyl (C=O) groups excluding carboxylic acids is 3. The van der Waals surface area contributed by atoms with E-state index in [0.29, 0.717) is 16.3 Å². The Labute approximate surface area is 175 Å². The second kappa shape index (κ2) is 10.1. The summed E-state index contributed by atoms with van der Waals surface area (Å²) in [6, 6.07) is 10.5. The number of urea groups is 1. The number of hydrogen-bond donors (Lipinski definition) is 3.